The summed E-state index contributed by atoms with van der Waals surface area (Å²) in [5.41, 5.74) is 0. The lowest BCUT2D eigenvalue weighted by atomic mass is 9.80. The zero-order chi connectivity index (χ0) is 12.7. The molecule has 102 valence electrons. The minimum Gasteiger partial charge on any atom is -0.353 e. The van der Waals surface area contributed by atoms with Crippen LogP contribution in [-0.2, 0) is 4.79 Å². The summed E-state index contributed by atoms with van der Waals surface area (Å²) in [6, 6.07) is 1.51. The molecule has 5 unspecified atom stereocenters. The third-order valence-electron chi connectivity index (χ3n) is 5.16. The van der Waals surface area contributed by atoms with Crippen LogP contribution in [0.4, 0.5) is 0 Å². The molecular weight excluding hydrogens is 224 g/mol. The van der Waals surface area contributed by atoms with Crippen molar-refractivity contribution in [1.82, 2.24) is 10.6 Å². The van der Waals surface area contributed by atoms with Crippen molar-refractivity contribution in [3.63, 3.8) is 0 Å². The smallest absolute Gasteiger partial charge is 0.224 e. The highest BCUT2D eigenvalue weighted by molar-refractivity contribution is 5.80. The van der Waals surface area contributed by atoms with E-state index in [9.17, 15) is 4.79 Å². The van der Waals surface area contributed by atoms with Crippen LogP contribution in [0.15, 0.2) is 0 Å². The van der Waals surface area contributed by atoms with E-state index in [2.05, 4.69) is 24.5 Å². The molecule has 0 aromatic carbocycles. The van der Waals surface area contributed by atoms with E-state index in [0.29, 0.717) is 24.0 Å². The Bertz CT molecular complexity index is 320. The zero-order valence-corrected chi connectivity index (χ0v) is 11.6. The lowest BCUT2D eigenvalue weighted by Crippen LogP contribution is -2.45. The average Bonchev–Trinajstić information content (AvgIpc) is 2.88. The van der Waals surface area contributed by atoms with Crippen LogP contribution in [0.3, 0.4) is 0 Å². The molecule has 2 heterocycles. The van der Waals surface area contributed by atoms with Crippen LogP contribution in [0.1, 0.15) is 52.4 Å². The molecule has 3 rings (SSSR count). The fourth-order valence-corrected chi connectivity index (χ4v) is 4.49. The summed E-state index contributed by atoms with van der Waals surface area (Å²) in [4.78, 5) is 12.4. The summed E-state index contributed by atoms with van der Waals surface area (Å²) >= 11 is 0. The minimum atomic E-state index is 0.247. The van der Waals surface area contributed by atoms with Gasteiger partial charge in [0.2, 0.25) is 5.91 Å². The van der Waals surface area contributed by atoms with Crippen molar-refractivity contribution in [2.75, 3.05) is 0 Å². The van der Waals surface area contributed by atoms with Gasteiger partial charge in [0.05, 0.1) is 5.92 Å². The van der Waals surface area contributed by atoms with Crippen molar-refractivity contribution >= 4 is 5.91 Å². The van der Waals surface area contributed by atoms with Crippen LogP contribution < -0.4 is 10.6 Å². The molecule has 2 bridgehead atoms. The van der Waals surface area contributed by atoms with E-state index in [1.54, 1.807) is 0 Å². The van der Waals surface area contributed by atoms with Gasteiger partial charge in [0.1, 0.15) is 0 Å². The van der Waals surface area contributed by atoms with Gasteiger partial charge in [-0.15, -0.1) is 0 Å². The van der Waals surface area contributed by atoms with Crippen LogP contribution in [0.5, 0.6) is 0 Å². The van der Waals surface area contributed by atoms with Gasteiger partial charge >= 0.3 is 0 Å². The first kappa shape index (κ1) is 12.5. The maximum absolute atomic E-state index is 12.4. The third kappa shape index (κ3) is 2.42. The van der Waals surface area contributed by atoms with Gasteiger partial charge in [-0.3, -0.25) is 4.79 Å². The molecule has 5 atom stereocenters. The molecule has 1 aliphatic carbocycles. The molecule has 18 heavy (non-hydrogen) atoms. The van der Waals surface area contributed by atoms with Crippen LogP contribution in [0.25, 0.3) is 0 Å². The van der Waals surface area contributed by atoms with Crippen molar-refractivity contribution in [3.05, 3.63) is 0 Å². The normalized spacial score (nSPS) is 47.2. The number of hydrogen-bond acceptors (Lipinski definition) is 2. The van der Waals surface area contributed by atoms with Crippen molar-refractivity contribution in [3.8, 4) is 0 Å². The molecule has 0 aromatic heterocycles. The van der Waals surface area contributed by atoms with E-state index in [1.165, 1.54) is 32.1 Å². The third-order valence-corrected chi connectivity index (χ3v) is 5.16. The Balaban J connectivity index is 1.54. The number of carbonyl (C=O) groups is 1. The Morgan fingerprint density at radius 1 is 1.06 bits per heavy atom. The van der Waals surface area contributed by atoms with Crippen LogP contribution in [-0.4, -0.2) is 24.0 Å². The number of carbonyl (C=O) groups excluding carboxylic acids is 1. The molecule has 0 spiro atoms. The molecule has 2 N–H and O–H groups in total. The summed E-state index contributed by atoms with van der Waals surface area (Å²) in [5.74, 6) is 2.09. The van der Waals surface area contributed by atoms with E-state index >= 15 is 0 Å². The molecule has 0 aromatic rings. The molecule has 3 heteroatoms. The van der Waals surface area contributed by atoms with Crippen molar-refractivity contribution in [2.45, 2.75) is 70.5 Å². The summed E-state index contributed by atoms with van der Waals surface area (Å²) in [5, 5.41) is 6.88. The maximum Gasteiger partial charge on any atom is 0.224 e. The predicted octanol–water partition coefficient (Wildman–Crippen LogP) is 2.07. The molecule has 1 amide bonds. The highest BCUT2D eigenvalue weighted by Crippen LogP contribution is 2.34. The number of amides is 1. The van der Waals surface area contributed by atoms with Crippen molar-refractivity contribution in [1.29, 1.82) is 0 Å². The van der Waals surface area contributed by atoms with E-state index in [1.807, 2.05) is 0 Å². The summed E-state index contributed by atoms with van der Waals surface area (Å²) in [7, 11) is 0. The van der Waals surface area contributed by atoms with Crippen LogP contribution in [0, 0.1) is 17.8 Å². The van der Waals surface area contributed by atoms with Crippen molar-refractivity contribution < 1.29 is 4.79 Å². The van der Waals surface area contributed by atoms with E-state index in [-0.39, 0.29) is 5.92 Å². The van der Waals surface area contributed by atoms with E-state index < -0.39 is 0 Å². The van der Waals surface area contributed by atoms with Gasteiger partial charge in [-0.05, 0) is 50.4 Å². The average molecular weight is 250 g/mol. The summed E-state index contributed by atoms with van der Waals surface area (Å²) in [6.07, 6.45) is 7.19. The van der Waals surface area contributed by atoms with Gasteiger partial charge in [0.15, 0.2) is 0 Å². The Morgan fingerprint density at radius 3 is 2.33 bits per heavy atom. The van der Waals surface area contributed by atoms with E-state index in [4.69, 9.17) is 0 Å². The van der Waals surface area contributed by atoms with Crippen molar-refractivity contribution in [2.24, 2.45) is 17.8 Å². The van der Waals surface area contributed by atoms with Gasteiger partial charge in [-0.2, -0.15) is 0 Å². The second-order valence-corrected chi connectivity index (χ2v) is 7.01. The summed E-state index contributed by atoms with van der Waals surface area (Å²) in [6.45, 7) is 4.63. The number of fused-ring (bicyclic) bond motifs is 2. The second-order valence-electron chi connectivity index (χ2n) is 7.01. The first-order chi connectivity index (χ1) is 8.61. The Kier molecular flexibility index (Phi) is 3.35. The molecular formula is C15H26N2O. The fourth-order valence-electron chi connectivity index (χ4n) is 4.49. The highest BCUT2D eigenvalue weighted by atomic mass is 16.2. The number of nitrogens with one attached hydrogen (secondary N) is 2. The second kappa shape index (κ2) is 4.84. The SMILES string of the molecule is CC1CC(C)CC(NC(=O)C2CC3CCC2N3)C1. The first-order valence-corrected chi connectivity index (χ1v) is 7.68. The maximum atomic E-state index is 12.4. The number of hydrogen-bond donors (Lipinski definition) is 2. The van der Waals surface area contributed by atoms with Gasteiger partial charge < -0.3 is 10.6 Å². The predicted molar refractivity (Wildman–Crippen MR) is 72.2 cm³/mol. The van der Waals surface area contributed by atoms with Gasteiger partial charge in [-0.25, -0.2) is 0 Å². The van der Waals surface area contributed by atoms with Gasteiger partial charge in [0.25, 0.3) is 0 Å². The standard InChI is InChI=1S/C15H26N2O/c1-9-5-10(2)7-12(6-9)17-15(18)13-8-11-3-4-14(13)16-11/h9-14,16H,3-8H2,1-2H3,(H,17,18). The van der Waals surface area contributed by atoms with Crippen LogP contribution in [0.2, 0.25) is 0 Å². The topological polar surface area (TPSA) is 41.1 Å². The van der Waals surface area contributed by atoms with Gasteiger partial charge in [-0.1, -0.05) is 13.8 Å². The molecule has 1 saturated carbocycles. The monoisotopic (exact) mass is 250 g/mol. The minimum absolute atomic E-state index is 0.247. The Labute approximate surface area is 110 Å². The lowest BCUT2D eigenvalue weighted by molar-refractivity contribution is -0.126. The fraction of sp³-hybridized carbons (Fsp3) is 0.933. The molecule has 2 aliphatic heterocycles. The van der Waals surface area contributed by atoms with Crippen LogP contribution >= 0.6 is 0 Å². The largest absolute Gasteiger partial charge is 0.353 e. The Morgan fingerprint density at radius 2 is 1.78 bits per heavy atom. The molecule has 2 saturated heterocycles. The summed E-state index contributed by atoms with van der Waals surface area (Å²) < 4.78 is 0. The first-order valence-electron chi connectivity index (χ1n) is 7.68. The quantitative estimate of drug-likeness (QED) is 0.787. The number of rotatable bonds is 2. The highest BCUT2D eigenvalue weighted by Gasteiger charge is 2.43. The zero-order valence-electron chi connectivity index (χ0n) is 11.6. The molecule has 3 fully saturated rings. The lowest BCUT2D eigenvalue weighted by Gasteiger charge is -2.33. The molecule has 3 aliphatic rings. The van der Waals surface area contributed by atoms with E-state index in [0.717, 1.165) is 18.3 Å². The molecule has 0 radical (unpaired) electrons. The molecule has 3 nitrogen and oxygen atoms in total. The van der Waals surface area contributed by atoms with Gasteiger partial charge in [0, 0.05) is 18.1 Å². The Hall–Kier alpha value is -0.570.